The van der Waals surface area contributed by atoms with Crippen molar-refractivity contribution >= 4 is 0 Å². The summed E-state index contributed by atoms with van der Waals surface area (Å²) in [5.74, 6) is 1.15. The number of hydrogen-bond acceptors (Lipinski definition) is 4. The number of hydrogen-bond donors (Lipinski definition) is 0. The van der Waals surface area contributed by atoms with Gasteiger partial charge in [-0.1, -0.05) is 6.07 Å². The lowest BCUT2D eigenvalue weighted by Crippen LogP contribution is -2.21. The predicted octanol–water partition coefficient (Wildman–Crippen LogP) is 5.38. The van der Waals surface area contributed by atoms with Crippen LogP contribution in [0.5, 0.6) is 17.2 Å². The number of imidazole rings is 1. The van der Waals surface area contributed by atoms with Crippen LogP contribution in [0.1, 0.15) is 5.56 Å². The van der Waals surface area contributed by atoms with Gasteiger partial charge in [0, 0.05) is 18.9 Å². The molecule has 1 heterocycles. The molecule has 0 spiro atoms. The lowest BCUT2D eigenvalue weighted by atomic mass is 10.2. The Morgan fingerprint density at radius 3 is 1.91 bits per heavy atom. The van der Waals surface area contributed by atoms with Gasteiger partial charge in [0.05, 0.1) is 16.9 Å². The van der Waals surface area contributed by atoms with Crippen molar-refractivity contribution in [1.82, 2.24) is 14.0 Å². The first kappa shape index (κ1) is 24.2. The molecule has 0 fully saturated rings. The van der Waals surface area contributed by atoms with Crippen molar-refractivity contribution in [3.63, 3.8) is 0 Å². The first-order chi connectivity index (χ1) is 16.7. The summed E-state index contributed by atoms with van der Waals surface area (Å²) in [6.45, 7) is 1.37. The van der Waals surface area contributed by atoms with Crippen LogP contribution in [0.3, 0.4) is 0 Å². The number of rotatable bonds is 8. The van der Waals surface area contributed by atoms with Gasteiger partial charge in [-0.15, -0.1) is 0 Å². The van der Waals surface area contributed by atoms with E-state index in [-0.39, 0.29) is 11.4 Å². The average Bonchev–Trinajstić information content (AvgIpc) is 3.21. The zero-order chi connectivity index (χ0) is 25.0. The molecule has 0 aliphatic rings. The van der Waals surface area contributed by atoms with E-state index in [0.29, 0.717) is 23.7 Å². The highest BCUT2D eigenvalue weighted by molar-refractivity contribution is 5.42. The van der Waals surface area contributed by atoms with Gasteiger partial charge in [-0.05, 0) is 80.8 Å². The quantitative estimate of drug-likeness (QED) is 0.338. The molecule has 0 unspecified atom stereocenters. The highest BCUT2D eigenvalue weighted by Crippen LogP contribution is 2.32. The number of nitrogens with zero attached hydrogens (tertiary/aromatic N) is 3. The summed E-state index contributed by atoms with van der Waals surface area (Å²) in [5.41, 5.74) is 0.234. The van der Waals surface area contributed by atoms with Crippen molar-refractivity contribution in [2.24, 2.45) is 0 Å². The van der Waals surface area contributed by atoms with Crippen LogP contribution in [-0.4, -0.2) is 41.3 Å². The number of likely N-dealkylation sites (N-methyl/N-ethyl adjacent to an activating group) is 1. The first-order valence-electron chi connectivity index (χ1n) is 10.8. The predicted molar refractivity (Wildman–Crippen MR) is 127 cm³/mol. The Labute approximate surface area is 200 Å². The van der Waals surface area contributed by atoms with Crippen LogP contribution in [0.15, 0.2) is 90.0 Å². The van der Waals surface area contributed by atoms with E-state index in [1.54, 1.807) is 36.7 Å². The molecule has 0 amide bonds. The summed E-state index contributed by atoms with van der Waals surface area (Å²) in [5, 5.41) is 0. The molecule has 35 heavy (non-hydrogen) atoms. The molecular weight excluding hydrogens is 459 g/mol. The van der Waals surface area contributed by atoms with Crippen LogP contribution in [0, 0.1) is 0 Å². The SMILES string of the molecule is CN(C)CCOc1ccc(-n2ccn(-c3ccc(Oc4cccc(C(F)(F)F)c4)cc3)c2=O)cc1. The summed E-state index contributed by atoms with van der Waals surface area (Å²) < 4.78 is 52.9. The Balaban J connectivity index is 1.46. The highest BCUT2D eigenvalue weighted by atomic mass is 19.4. The lowest BCUT2D eigenvalue weighted by Gasteiger charge is -2.11. The van der Waals surface area contributed by atoms with Gasteiger partial charge in [0.1, 0.15) is 23.9 Å². The van der Waals surface area contributed by atoms with Crippen molar-refractivity contribution in [1.29, 1.82) is 0 Å². The zero-order valence-corrected chi connectivity index (χ0v) is 19.2. The molecule has 0 saturated heterocycles. The van der Waals surface area contributed by atoms with Crippen LogP contribution >= 0.6 is 0 Å². The Morgan fingerprint density at radius 1 is 0.800 bits per heavy atom. The Morgan fingerprint density at radius 2 is 1.37 bits per heavy atom. The number of ether oxygens (including phenoxy) is 2. The Hall–Kier alpha value is -3.98. The van der Waals surface area contributed by atoms with Gasteiger partial charge in [0.2, 0.25) is 0 Å². The molecule has 6 nitrogen and oxygen atoms in total. The van der Waals surface area contributed by atoms with E-state index in [1.165, 1.54) is 21.3 Å². The van der Waals surface area contributed by atoms with E-state index in [1.807, 2.05) is 43.3 Å². The minimum Gasteiger partial charge on any atom is -0.492 e. The minimum atomic E-state index is -4.45. The van der Waals surface area contributed by atoms with E-state index in [2.05, 4.69) is 0 Å². The number of benzene rings is 3. The fourth-order valence-electron chi connectivity index (χ4n) is 3.37. The molecule has 0 radical (unpaired) electrons. The van der Waals surface area contributed by atoms with E-state index < -0.39 is 11.7 Å². The second kappa shape index (κ2) is 10.1. The van der Waals surface area contributed by atoms with Crippen molar-refractivity contribution in [2.45, 2.75) is 6.18 Å². The third-order valence-electron chi connectivity index (χ3n) is 5.21. The normalized spacial score (nSPS) is 11.6. The fourth-order valence-corrected chi connectivity index (χ4v) is 3.37. The van der Waals surface area contributed by atoms with Crippen molar-refractivity contribution in [3.05, 3.63) is 101 Å². The largest absolute Gasteiger partial charge is 0.492 e. The molecule has 4 aromatic rings. The molecule has 0 aliphatic carbocycles. The van der Waals surface area contributed by atoms with Crippen LogP contribution in [0.4, 0.5) is 13.2 Å². The molecule has 0 aliphatic heterocycles. The summed E-state index contributed by atoms with van der Waals surface area (Å²) >= 11 is 0. The lowest BCUT2D eigenvalue weighted by molar-refractivity contribution is -0.137. The molecule has 3 aromatic carbocycles. The summed E-state index contributed by atoms with van der Waals surface area (Å²) in [7, 11) is 3.95. The minimum absolute atomic E-state index is 0.0741. The summed E-state index contributed by atoms with van der Waals surface area (Å²) in [4.78, 5) is 15.0. The molecule has 182 valence electrons. The van der Waals surface area contributed by atoms with Gasteiger partial charge < -0.3 is 14.4 Å². The van der Waals surface area contributed by atoms with E-state index >= 15 is 0 Å². The second-order valence-electron chi connectivity index (χ2n) is 8.09. The van der Waals surface area contributed by atoms with Gasteiger partial charge in [0.25, 0.3) is 0 Å². The van der Waals surface area contributed by atoms with Crippen molar-refractivity contribution in [2.75, 3.05) is 27.2 Å². The highest BCUT2D eigenvalue weighted by Gasteiger charge is 2.30. The van der Waals surface area contributed by atoms with Gasteiger partial charge in [0.15, 0.2) is 0 Å². The molecule has 9 heteroatoms. The Kier molecular flexibility index (Phi) is 6.97. The van der Waals surface area contributed by atoms with Crippen LogP contribution < -0.4 is 15.2 Å². The third kappa shape index (κ3) is 5.93. The maximum Gasteiger partial charge on any atom is 0.416 e. The van der Waals surface area contributed by atoms with Gasteiger partial charge >= 0.3 is 11.9 Å². The van der Waals surface area contributed by atoms with Gasteiger partial charge in [-0.3, -0.25) is 9.13 Å². The molecule has 4 rings (SSSR count). The van der Waals surface area contributed by atoms with E-state index in [0.717, 1.165) is 24.4 Å². The number of halogens is 3. The van der Waals surface area contributed by atoms with E-state index in [4.69, 9.17) is 9.47 Å². The van der Waals surface area contributed by atoms with Gasteiger partial charge in [-0.2, -0.15) is 13.2 Å². The maximum absolute atomic E-state index is 13.0. The Bertz CT molecular complexity index is 1320. The summed E-state index contributed by atoms with van der Waals surface area (Å²) in [6.07, 6.45) is -1.14. The molecule has 1 aromatic heterocycles. The third-order valence-corrected chi connectivity index (χ3v) is 5.21. The van der Waals surface area contributed by atoms with Gasteiger partial charge in [-0.25, -0.2) is 4.79 Å². The van der Waals surface area contributed by atoms with Crippen LogP contribution in [0.2, 0.25) is 0 Å². The van der Waals surface area contributed by atoms with Crippen LogP contribution in [0.25, 0.3) is 11.4 Å². The number of alkyl halides is 3. The fraction of sp³-hybridized carbons (Fsp3) is 0.192. The van der Waals surface area contributed by atoms with Crippen molar-refractivity contribution < 1.29 is 22.6 Å². The average molecular weight is 483 g/mol. The number of aromatic nitrogens is 2. The molecular formula is C26H24F3N3O3. The molecule has 0 bridgehead atoms. The molecule has 0 N–H and O–H groups in total. The van der Waals surface area contributed by atoms with Crippen molar-refractivity contribution in [3.8, 4) is 28.6 Å². The monoisotopic (exact) mass is 483 g/mol. The van der Waals surface area contributed by atoms with E-state index in [9.17, 15) is 18.0 Å². The van der Waals surface area contributed by atoms with Crippen LogP contribution in [-0.2, 0) is 6.18 Å². The summed E-state index contributed by atoms with van der Waals surface area (Å²) in [6, 6.07) is 18.4. The first-order valence-corrected chi connectivity index (χ1v) is 10.8. The topological polar surface area (TPSA) is 48.6 Å². The smallest absolute Gasteiger partial charge is 0.416 e. The standard InChI is InChI=1S/C26H24F3N3O3/c1-30(2)16-17-34-22-10-6-20(7-11-22)31-14-15-32(25(31)33)21-8-12-23(13-9-21)35-24-5-3-4-19(18-24)26(27,28)29/h3-15,18H,16-17H2,1-2H3. The second-order valence-corrected chi connectivity index (χ2v) is 8.09. The molecule has 0 atom stereocenters. The zero-order valence-electron chi connectivity index (χ0n) is 19.2. The molecule has 0 saturated carbocycles. The maximum atomic E-state index is 13.0.